The van der Waals surface area contributed by atoms with Crippen molar-refractivity contribution in [3.8, 4) is 5.75 Å². The van der Waals surface area contributed by atoms with E-state index in [1.165, 1.54) is 6.08 Å². The predicted molar refractivity (Wildman–Crippen MR) is 99.5 cm³/mol. The second-order valence-electron chi connectivity index (χ2n) is 6.18. The number of nitrogens with two attached hydrogens (primary N) is 2. The van der Waals surface area contributed by atoms with Crippen LogP contribution in [0, 0.1) is 0 Å². The molecule has 25 heavy (non-hydrogen) atoms. The number of phenols is 1. The average molecular weight is 338 g/mol. The van der Waals surface area contributed by atoms with Gasteiger partial charge in [-0.2, -0.15) is 0 Å². The van der Waals surface area contributed by atoms with Crippen LogP contribution in [0.3, 0.4) is 0 Å². The molecule has 2 aromatic rings. The number of hydrogen-bond donors (Lipinski definition) is 4. The van der Waals surface area contributed by atoms with Crippen molar-refractivity contribution in [3.63, 3.8) is 0 Å². The molecule has 6 N–H and O–H groups in total. The van der Waals surface area contributed by atoms with Crippen LogP contribution in [0.15, 0.2) is 43.0 Å². The van der Waals surface area contributed by atoms with Crippen molar-refractivity contribution in [2.45, 2.75) is 12.3 Å². The second-order valence-corrected chi connectivity index (χ2v) is 6.18. The Labute approximate surface area is 146 Å². The normalized spacial score (nSPS) is 17.7. The zero-order valence-corrected chi connectivity index (χ0v) is 13.9. The lowest BCUT2D eigenvalue weighted by molar-refractivity contribution is -0.125. The zero-order valence-electron chi connectivity index (χ0n) is 13.9. The molecule has 1 atom stereocenters. The van der Waals surface area contributed by atoms with Crippen molar-refractivity contribution in [2.75, 3.05) is 18.8 Å². The largest absolute Gasteiger partial charge is 0.507 e. The number of aromatic nitrogens is 1. The Kier molecular flexibility index (Phi) is 4.52. The number of likely N-dealkylation sites (tertiary alicyclic amines) is 1. The van der Waals surface area contributed by atoms with Gasteiger partial charge in [0.05, 0.1) is 0 Å². The van der Waals surface area contributed by atoms with Gasteiger partial charge in [-0.15, -0.1) is 0 Å². The number of nitrogens with one attached hydrogen (secondary N) is 1. The number of H-pyrrole nitrogens is 1. The molecule has 130 valence electrons. The van der Waals surface area contributed by atoms with Crippen LogP contribution in [0.5, 0.6) is 5.75 Å². The molecule has 1 aromatic carbocycles. The molecule has 0 saturated carbocycles. The van der Waals surface area contributed by atoms with E-state index < -0.39 is 0 Å². The second kappa shape index (κ2) is 6.76. The van der Waals surface area contributed by atoms with Crippen LogP contribution >= 0.6 is 0 Å². The molecule has 1 amide bonds. The standard InChI is InChI=1S/C19H22N4O2/c1-2-18(25)23-8-7-12(11-23)16-10-13(19(21)22-16)9-15(20)14-5-3-4-6-17(14)24/h2-6,9-10,12,22,24H,1,7-8,11,20-21H2/b15-9-. The maximum absolute atomic E-state index is 11.7. The van der Waals surface area contributed by atoms with Crippen molar-refractivity contribution < 1.29 is 9.90 Å². The van der Waals surface area contributed by atoms with Crippen LogP contribution in [-0.2, 0) is 4.79 Å². The smallest absolute Gasteiger partial charge is 0.245 e. The van der Waals surface area contributed by atoms with Crippen molar-refractivity contribution in [1.29, 1.82) is 0 Å². The summed E-state index contributed by atoms with van der Waals surface area (Å²) in [6.07, 6.45) is 3.95. The summed E-state index contributed by atoms with van der Waals surface area (Å²) in [6.45, 7) is 4.88. The first kappa shape index (κ1) is 16.7. The number of carbonyl (C=O) groups excluding carboxylic acids is 1. The van der Waals surface area contributed by atoms with Gasteiger partial charge in [-0.1, -0.05) is 18.7 Å². The third-order valence-corrected chi connectivity index (χ3v) is 4.54. The highest BCUT2D eigenvalue weighted by Gasteiger charge is 2.27. The summed E-state index contributed by atoms with van der Waals surface area (Å²) in [7, 11) is 0. The molecule has 1 saturated heterocycles. The summed E-state index contributed by atoms with van der Waals surface area (Å²) in [6, 6.07) is 8.84. The van der Waals surface area contributed by atoms with E-state index >= 15 is 0 Å². The molecule has 1 aromatic heterocycles. The van der Waals surface area contributed by atoms with Gasteiger partial charge in [0.2, 0.25) is 5.91 Å². The molecule has 6 nitrogen and oxygen atoms in total. The van der Waals surface area contributed by atoms with Gasteiger partial charge < -0.3 is 26.5 Å². The minimum Gasteiger partial charge on any atom is -0.507 e. The number of nitrogens with zero attached hydrogens (tertiary/aromatic N) is 1. The van der Waals surface area contributed by atoms with Gasteiger partial charge in [0.25, 0.3) is 0 Å². The molecule has 0 aliphatic carbocycles. The van der Waals surface area contributed by atoms with Crippen LogP contribution in [-0.4, -0.2) is 34.0 Å². The van der Waals surface area contributed by atoms with Crippen molar-refractivity contribution >= 4 is 23.5 Å². The maximum atomic E-state index is 11.7. The molecule has 3 rings (SSSR count). The number of aromatic hydroxyl groups is 1. The number of benzene rings is 1. The lowest BCUT2D eigenvalue weighted by atomic mass is 10.0. The topological polar surface area (TPSA) is 108 Å². The summed E-state index contributed by atoms with van der Waals surface area (Å²) in [5.74, 6) is 0.799. The molecule has 6 heteroatoms. The maximum Gasteiger partial charge on any atom is 0.245 e. The first-order valence-electron chi connectivity index (χ1n) is 8.15. The summed E-state index contributed by atoms with van der Waals surface area (Å²) < 4.78 is 0. The molecular formula is C19H22N4O2. The number of amides is 1. The molecule has 1 aliphatic heterocycles. The fourth-order valence-corrected chi connectivity index (χ4v) is 3.15. The fourth-order valence-electron chi connectivity index (χ4n) is 3.15. The van der Waals surface area contributed by atoms with Crippen molar-refractivity contribution in [3.05, 3.63) is 59.8 Å². The van der Waals surface area contributed by atoms with Gasteiger partial charge in [-0.3, -0.25) is 4.79 Å². The lowest BCUT2D eigenvalue weighted by Gasteiger charge is -2.13. The Morgan fingerprint density at radius 1 is 1.40 bits per heavy atom. The van der Waals surface area contributed by atoms with E-state index in [4.69, 9.17) is 11.5 Å². The lowest BCUT2D eigenvalue weighted by Crippen LogP contribution is -2.26. The van der Waals surface area contributed by atoms with Crippen LogP contribution in [0.1, 0.15) is 29.2 Å². The van der Waals surface area contributed by atoms with E-state index in [0.717, 1.165) is 17.7 Å². The summed E-state index contributed by atoms with van der Waals surface area (Å²) in [5.41, 5.74) is 14.9. The molecule has 0 bridgehead atoms. The summed E-state index contributed by atoms with van der Waals surface area (Å²) >= 11 is 0. The van der Waals surface area contributed by atoms with E-state index in [2.05, 4.69) is 11.6 Å². The van der Waals surface area contributed by atoms with Gasteiger partial charge in [0.15, 0.2) is 0 Å². The Morgan fingerprint density at radius 2 is 2.16 bits per heavy atom. The molecule has 1 unspecified atom stereocenters. The highest BCUT2D eigenvalue weighted by atomic mass is 16.3. The van der Waals surface area contributed by atoms with Crippen LogP contribution < -0.4 is 11.5 Å². The van der Waals surface area contributed by atoms with Crippen molar-refractivity contribution in [2.24, 2.45) is 5.73 Å². The first-order chi connectivity index (χ1) is 12.0. The van der Waals surface area contributed by atoms with E-state index in [9.17, 15) is 9.90 Å². The monoisotopic (exact) mass is 338 g/mol. The molecule has 1 fully saturated rings. The Hall–Kier alpha value is -3.15. The number of aromatic amines is 1. The fraction of sp³-hybridized carbons (Fsp3) is 0.211. The number of rotatable bonds is 4. The molecule has 2 heterocycles. The highest BCUT2D eigenvalue weighted by Crippen LogP contribution is 2.31. The SMILES string of the molecule is C=CC(=O)N1CCC(c2cc(/C=C(\N)c3ccccc3O)c(N)[nH]2)C1. The molecule has 1 aliphatic rings. The van der Waals surface area contributed by atoms with E-state index in [0.29, 0.717) is 30.2 Å². The Bertz CT molecular complexity index is 838. The van der Waals surface area contributed by atoms with E-state index in [1.807, 2.05) is 12.1 Å². The Balaban J connectivity index is 1.82. The predicted octanol–water partition coefficient (Wildman–Crippen LogP) is 2.26. The minimum absolute atomic E-state index is 0.0501. The van der Waals surface area contributed by atoms with Crippen molar-refractivity contribution in [1.82, 2.24) is 9.88 Å². The Morgan fingerprint density at radius 3 is 2.88 bits per heavy atom. The van der Waals surface area contributed by atoms with Crippen LogP contribution in [0.2, 0.25) is 0 Å². The van der Waals surface area contributed by atoms with Gasteiger partial charge in [0.1, 0.15) is 11.6 Å². The summed E-state index contributed by atoms with van der Waals surface area (Å²) in [5, 5.41) is 9.91. The van der Waals surface area contributed by atoms with Crippen LogP contribution in [0.4, 0.5) is 5.82 Å². The molecular weight excluding hydrogens is 316 g/mol. The third kappa shape index (κ3) is 3.38. The summed E-state index contributed by atoms with van der Waals surface area (Å²) in [4.78, 5) is 16.7. The zero-order chi connectivity index (χ0) is 18.0. The van der Waals surface area contributed by atoms with Gasteiger partial charge in [-0.05, 0) is 36.8 Å². The van der Waals surface area contributed by atoms with Crippen LogP contribution in [0.25, 0.3) is 11.8 Å². The average Bonchev–Trinajstić information content (AvgIpc) is 3.22. The third-order valence-electron chi connectivity index (χ3n) is 4.54. The number of nitrogen functional groups attached to an aromatic ring is 1. The van der Waals surface area contributed by atoms with Gasteiger partial charge >= 0.3 is 0 Å². The molecule has 0 radical (unpaired) electrons. The van der Waals surface area contributed by atoms with E-state index in [1.54, 1.807) is 29.2 Å². The quantitative estimate of drug-likeness (QED) is 0.641. The number of phenolic OH excluding ortho intramolecular Hbond substituents is 1. The molecule has 0 spiro atoms. The first-order valence-corrected chi connectivity index (χ1v) is 8.15. The minimum atomic E-state index is -0.0501. The van der Waals surface area contributed by atoms with Gasteiger partial charge in [-0.25, -0.2) is 0 Å². The number of anilines is 1. The number of para-hydroxylation sites is 1. The van der Waals surface area contributed by atoms with E-state index in [-0.39, 0.29) is 17.6 Å². The number of hydrogen-bond acceptors (Lipinski definition) is 4. The highest BCUT2D eigenvalue weighted by molar-refractivity contribution is 5.87. The van der Waals surface area contributed by atoms with Gasteiger partial charge in [0, 0.05) is 41.5 Å². The number of carbonyl (C=O) groups is 1.